The third-order valence-electron chi connectivity index (χ3n) is 2.83. The maximum absolute atomic E-state index is 13.9. The zero-order chi connectivity index (χ0) is 15.6. The van der Waals surface area contributed by atoms with Gasteiger partial charge in [-0.15, -0.1) is 0 Å². The minimum absolute atomic E-state index is 0.0636. The molecular weight excluding hydrogens is 282 g/mol. The highest BCUT2D eigenvalue weighted by molar-refractivity contribution is 5.75. The lowest BCUT2D eigenvalue weighted by atomic mass is 10.2. The zero-order valence-electron chi connectivity index (χ0n) is 11.3. The second kappa shape index (κ2) is 5.96. The predicted molar refractivity (Wildman–Crippen MR) is 69.4 cm³/mol. The molecule has 6 nitrogen and oxygen atoms in total. The first-order valence-electron chi connectivity index (χ1n) is 6.30. The van der Waals surface area contributed by atoms with E-state index >= 15 is 0 Å². The third kappa shape index (κ3) is 3.22. The number of rotatable bonds is 5. The molecule has 2 aromatic rings. The number of hydrogen-bond donors (Lipinski definition) is 2. The molecule has 0 aliphatic carbocycles. The first-order chi connectivity index (χ1) is 9.92. The van der Waals surface area contributed by atoms with Crippen molar-refractivity contribution in [3.05, 3.63) is 41.5 Å². The Morgan fingerprint density at radius 3 is 2.76 bits per heavy atom. The average Bonchev–Trinajstić information content (AvgIpc) is 2.80. The van der Waals surface area contributed by atoms with Crippen molar-refractivity contribution in [1.82, 2.24) is 14.8 Å². The van der Waals surface area contributed by atoms with Crippen molar-refractivity contribution in [2.24, 2.45) is 5.73 Å². The van der Waals surface area contributed by atoms with Crippen molar-refractivity contribution < 1.29 is 18.7 Å². The van der Waals surface area contributed by atoms with Gasteiger partial charge in [0.1, 0.15) is 17.6 Å². The van der Waals surface area contributed by atoms with Crippen LogP contribution in [0.2, 0.25) is 0 Å². The molecule has 1 amide bonds. The highest BCUT2D eigenvalue weighted by Gasteiger charge is 2.20. The number of primary amides is 1. The topological polar surface area (TPSA) is 94.0 Å². The van der Waals surface area contributed by atoms with Crippen molar-refractivity contribution in [2.45, 2.75) is 25.9 Å². The van der Waals surface area contributed by atoms with Gasteiger partial charge in [-0.3, -0.25) is 4.79 Å². The SMILES string of the molecule is CCC(O)c1nc(CC(N)=O)nn1-c1ccc(F)cc1F. The molecule has 112 valence electrons. The van der Waals surface area contributed by atoms with E-state index in [9.17, 15) is 18.7 Å². The molecule has 0 saturated carbocycles. The third-order valence-corrected chi connectivity index (χ3v) is 2.83. The molecular formula is C13H14F2N4O2. The Morgan fingerprint density at radius 2 is 2.19 bits per heavy atom. The molecule has 0 saturated heterocycles. The lowest BCUT2D eigenvalue weighted by Gasteiger charge is -2.10. The zero-order valence-corrected chi connectivity index (χ0v) is 11.3. The van der Waals surface area contributed by atoms with Gasteiger partial charge in [0.05, 0.1) is 6.42 Å². The Morgan fingerprint density at radius 1 is 1.48 bits per heavy atom. The van der Waals surface area contributed by atoms with Crippen LogP contribution < -0.4 is 5.73 Å². The van der Waals surface area contributed by atoms with Crippen LogP contribution in [0.1, 0.15) is 31.1 Å². The van der Waals surface area contributed by atoms with E-state index in [2.05, 4.69) is 10.1 Å². The summed E-state index contributed by atoms with van der Waals surface area (Å²) < 4.78 is 27.9. The first-order valence-corrected chi connectivity index (χ1v) is 6.30. The number of hydrogen-bond acceptors (Lipinski definition) is 4. The summed E-state index contributed by atoms with van der Waals surface area (Å²) in [5, 5.41) is 13.9. The van der Waals surface area contributed by atoms with Gasteiger partial charge in [0, 0.05) is 6.07 Å². The summed E-state index contributed by atoms with van der Waals surface area (Å²) in [6.07, 6.45) is -0.917. The molecule has 0 bridgehead atoms. The molecule has 0 spiro atoms. The molecule has 2 rings (SSSR count). The Balaban J connectivity index is 2.54. The molecule has 3 N–H and O–H groups in total. The molecule has 1 aromatic carbocycles. The molecule has 1 atom stereocenters. The standard InChI is InChI=1S/C13H14F2N4O2/c1-2-10(20)13-17-12(6-11(16)21)18-19(13)9-4-3-7(14)5-8(9)15/h3-5,10,20H,2,6H2,1H3,(H2,16,21). The maximum atomic E-state index is 13.9. The quantitative estimate of drug-likeness (QED) is 0.861. The van der Waals surface area contributed by atoms with Crippen LogP contribution in [0.3, 0.4) is 0 Å². The van der Waals surface area contributed by atoms with Crippen LogP contribution in [0.5, 0.6) is 0 Å². The van der Waals surface area contributed by atoms with Gasteiger partial charge in [-0.1, -0.05) is 6.92 Å². The normalized spacial score (nSPS) is 12.4. The molecule has 21 heavy (non-hydrogen) atoms. The van der Waals surface area contributed by atoms with E-state index in [1.807, 2.05) is 0 Å². The van der Waals surface area contributed by atoms with E-state index in [4.69, 9.17) is 5.73 Å². The van der Waals surface area contributed by atoms with Gasteiger partial charge in [0.2, 0.25) is 5.91 Å². The van der Waals surface area contributed by atoms with E-state index in [0.717, 1.165) is 10.7 Å². The van der Waals surface area contributed by atoms with E-state index in [1.54, 1.807) is 6.92 Å². The first kappa shape index (κ1) is 15.0. The van der Waals surface area contributed by atoms with E-state index in [0.29, 0.717) is 12.5 Å². The van der Waals surface area contributed by atoms with Gasteiger partial charge in [-0.25, -0.2) is 18.4 Å². The van der Waals surface area contributed by atoms with E-state index in [1.165, 1.54) is 6.07 Å². The van der Waals surface area contributed by atoms with Crippen molar-refractivity contribution in [3.8, 4) is 5.69 Å². The number of nitrogens with two attached hydrogens (primary N) is 1. The number of amides is 1. The van der Waals surface area contributed by atoms with Crippen molar-refractivity contribution in [2.75, 3.05) is 0 Å². The second-order valence-corrected chi connectivity index (χ2v) is 4.46. The number of carbonyl (C=O) groups excluding carboxylic acids is 1. The number of benzene rings is 1. The number of nitrogens with zero attached hydrogens (tertiary/aromatic N) is 3. The minimum Gasteiger partial charge on any atom is -0.385 e. The summed E-state index contributed by atoms with van der Waals surface area (Å²) in [6.45, 7) is 1.71. The smallest absolute Gasteiger partial charge is 0.225 e. The molecule has 0 fully saturated rings. The summed E-state index contributed by atoms with van der Waals surface area (Å²) >= 11 is 0. The summed E-state index contributed by atoms with van der Waals surface area (Å²) in [4.78, 5) is 14.9. The Bertz CT molecular complexity index is 672. The fraction of sp³-hybridized carbons (Fsp3) is 0.308. The van der Waals surface area contributed by atoms with E-state index < -0.39 is 23.6 Å². The minimum atomic E-state index is -0.997. The van der Waals surface area contributed by atoms with Gasteiger partial charge in [0.15, 0.2) is 17.5 Å². The fourth-order valence-electron chi connectivity index (χ4n) is 1.83. The molecule has 8 heteroatoms. The maximum Gasteiger partial charge on any atom is 0.225 e. The monoisotopic (exact) mass is 296 g/mol. The Hall–Kier alpha value is -2.35. The summed E-state index contributed by atoms with van der Waals surface area (Å²) in [5.41, 5.74) is 5.00. The van der Waals surface area contributed by atoms with Crippen LogP contribution in [-0.2, 0) is 11.2 Å². The largest absolute Gasteiger partial charge is 0.385 e. The summed E-state index contributed by atoms with van der Waals surface area (Å²) in [6, 6.07) is 2.95. The number of halogens is 2. The van der Waals surface area contributed by atoms with Gasteiger partial charge in [-0.05, 0) is 18.6 Å². The van der Waals surface area contributed by atoms with Gasteiger partial charge < -0.3 is 10.8 Å². The fourth-order valence-corrected chi connectivity index (χ4v) is 1.83. The molecule has 0 aliphatic rings. The van der Waals surface area contributed by atoms with Crippen molar-refractivity contribution >= 4 is 5.91 Å². The lowest BCUT2D eigenvalue weighted by molar-refractivity contribution is -0.117. The molecule has 0 aliphatic heterocycles. The highest BCUT2D eigenvalue weighted by atomic mass is 19.1. The Kier molecular flexibility index (Phi) is 4.27. The number of aliphatic hydroxyl groups excluding tert-OH is 1. The lowest BCUT2D eigenvalue weighted by Crippen LogP contribution is -2.14. The van der Waals surface area contributed by atoms with Gasteiger partial charge in [-0.2, -0.15) is 5.10 Å². The van der Waals surface area contributed by atoms with Crippen LogP contribution in [0.15, 0.2) is 18.2 Å². The predicted octanol–water partition coefficient (Wildman–Crippen LogP) is 1.02. The number of aromatic nitrogens is 3. The van der Waals surface area contributed by atoms with Crippen molar-refractivity contribution in [3.63, 3.8) is 0 Å². The van der Waals surface area contributed by atoms with Crippen LogP contribution in [-0.4, -0.2) is 25.8 Å². The molecule has 1 heterocycles. The van der Waals surface area contributed by atoms with Crippen molar-refractivity contribution in [1.29, 1.82) is 0 Å². The Labute approximate surface area is 119 Å². The van der Waals surface area contributed by atoms with Crippen LogP contribution in [0.25, 0.3) is 5.69 Å². The van der Waals surface area contributed by atoms with Crippen LogP contribution in [0.4, 0.5) is 8.78 Å². The summed E-state index contributed by atoms with van der Waals surface area (Å²) in [5.74, 6) is -2.10. The van der Waals surface area contributed by atoms with Gasteiger partial charge in [0.25, 0.3) is 0 Å². The number of carbonyl (C=O) groups is 1. The van der Waals surface area contributed by atoms with Crippen LogP contribution in [0, 0.1) is 11.6 Å². The molecule has 0 radical (unpaired) electrons. The molecule has 1 unspecified atom stereocenters. The molecule has 1 aromatic heterocycles. The van der Waals surface area contributed by atoms with E-state index in [-0.39, 0.29) is 23.8 Å². The second-order valence-electron chi connectivity index (χ2n) is 4.46. The van der Waals surface area contributed by atoms with Gasteiger partial charge >= 0.3 is 0 Å². The number of aliphatic hydroxyl groups is 1. The average molecular weight is 296 g/mol. The summed E-state index contributed by atoms with van der Waals surface area (Å²) in [7, 11) is 0. The highest BCUT2D eigenvalue weighted by Crippen LogP contribution is 2.21. The van der Waals surface area contributed by atoms with Crippen LogP contribution >= 0.6 is 0 Å².